The van der Waals surface area contributed by atoms with Crippen LogP contribution in [-0.4, -0.2) is 35.8 Å². The molecule has 0 radical (unpaired) electrons. The number of carbonyl (C=O) groups excluding carboxylic acids is 2. The number of hydrazone groups is 1. The van der Waals surface area contributed by atoms with E-state index in [0.717, 1.165) is 21.9 Å². The summed E-state index contributed by atoms with van der Waals surface area (Å²) in [5.74, 6) is 0.578. The van der Waals surface area contributed by atoms with E-state index in [-0.39, 0.29) is 25.0 Å². The molecule has 0 saturated carbocycles. The highest BCUT2D eigenvalue weighted by Crippen LogP contribution is 2.34. The van der Waals surface area contributed by atoms with E-state index < -0.39 is 5.97 Å². The molecule has 1 atom stereocenters. The van der Waals surface area contributed by atoms with Crippen molar-refractivity contribution in [1.82, 2.24) is 5.01 Å². The molecule has 7 nitrogen and oxygen atoms in total. The van der Waals surface area contributed by atoms with E-state index in [1.165, 1.54) is 5.01 Å². The third kappa shape index (κ3) is 5.45. The van der Waals surface area contributed by atoms with Crippen LogP contribution < -0.4 is 4.74 Å². The maximum Gasteiger partial charge on any atom is 0.306 e. The molecule has 0 N–H and O–H groups in total. The van der Waals surface area contributed by atoms with Crippen molar-refractivity contribution in [1.29, 1.82) is 0 Å². The number of furan rings is 1. The summed E-state index contributed by atoms with van der Waals surface area (Å²) >= 11 is 1.57. The molecular weight excluding hydrogens is 428 g/mol. The van der Waals surface area contributed by atoms with Crippen LogP contribution in [0.15, 0.2) is 69.7 Å². The van der Waals surface area contributed by atoms with Gasteiger partial charge in [-0.3, -0.25) is 9.59 Å². The SMILES string of the molecule is Cc1ccc(OCCCC(=O)OCC(=O)N2N=C(c3cccs3)C[C@@H]2c2ccco2)cc1. The van der Waals surface area contributed by atoms with Crippen molar-refractivity contribution in [3.63, 3.8) is 0 Å². The summed E-state index contributed by atoms with van der Waals surface area (Å²) in [5.41, 5.74) is 1.97. The number of rotatable bonds is 9. The summed E-state index contributed by atoms with van der Waals surface area (Å²) in [6.45, 7) is 2.04. The van der Waals surface area contributed by atoms with Crippen molar-refractivity contribution in [2.24, 2.45) is 5.10 Å². The number of carbonyl (C=O) groups is 2. The number of aryl methyl sites for hydroxylation is 1. The highest BCUT2D eigenvalue weighted by Gasteiger charge is 2.35. The minimum atomic E-state index is -0.443. The summed E-state index contributed by atoms with van der Waals surface area (Å²) in [6.07, 6.45) is 2.79. The van der Waals surface area contributed by atoms with Gasteiger partial charge in [0.15, 0.2) is 6.61 Å². The molecule has 32 heavy (non-hydrogen) atoms. The molecule has 4 rings (SSSR count). The standard InChI is InChI=1S/C24H24N2O5S/c1-17-8-10-18(11-9-17)29-12-3-7-24(28)31-16-23(27)26-20(21-5-2-13-30-21)15-19(25-26)22-6-4-14-32-22/h2,4-6,8-11,13-14,20H,3,7,12,15-16H2,1H3/t20-/m1/s1. The molecule has 2 aromatic heterocycles. The molecule has 0 unspecified atom stereocenters. The smallest absolute Gasteiger partial charge is 0.306 e. The Bertz CT molecular complexity index is 1060. The average molecular weight is 453 g/mol. The Morgan fingerprint density at radius 2 is 2.03 bits per heavy atom. The van der Waals surface area contributed by atoms with Gasteiger partial charge >= 0.3 is 5.97 Å². The maximum absolute atomic E-state index is 12.8. The van der Waals surface area contributed by atoms with Crippen LogP contribution in [0.4, 0.5) is 0 Å². The summed E-state index contributed by atoms with van der Waals surface area (Å²) in [5, 5.41) is 7.83. The Balaban J connectivity index is 1.27. The summed E-state index contributed by atoms with van der Waals surface area (Å²) < 4.78 is 16.3. The van der Waals surface area contributed by atoms with Gasteiger partial charge < -0.3 is 13.9 Å². The quantitative estimate of drug-likeness (QED) is 0.346. The summed E-state index contributed by atoms with van der Waals surface area (Å²) in [6, 6.07) is 14.9. The second-order valence-corrected chi connectivity index (χ2v) is 8.37. The number of amides is 1. The molecular formula is C24H24N2O5S. The van der Waals surface area contributed by atoms with Gasteiger partial charge in [0, 0.05) is 12.8 Å². The number of hydrogen-bond donors (Lipinski definition) is 0. The van der Waals surface area contributed by atoms with Crippen LogP contribution >= 0.6 is 11.3 Å². The lowest BCUT2D eigenvalue weighted by Gasteiger charge is -2.19. The van der Waals surface area contributed by atoms with Gasteiger partial charge in [-0.25, -0.2) is 5.01 Å². The first-order valence-electron chi connectivity index (χ1n) is 10.4. The lowest BCUT2D eigenvalue weighted by atomic mass is 10.1. The van der Waals surface area contributed by atoms with Crippen LogP contribution in [0.5, 0.6) is 5.75 Å². The Kier molecular flexibility index (Phi) is 7.01. The van der Waals surface area contributed by atoms with Crippen molar-refractivity contribution in [2.45, 2.75) is 32.2 Å². The second kappa shape index (κ2) is 10.3. The summed E-state index contributed by atoms with van der Waals surface area (Å²) in [4.78, 5) is 25.9. The van der Waals surface area contributed by atoms with Crippen LogP contribution in [0.3, 0.4) is 0 Å². The van der Waals surface area contributed by atoms with Gasteiger partial charge in [-0.05, 0) is 49.1 Å². The van der Waals surface area contributed by atoms with Crippen LogP contribution in [0.2, 0.25) is 0 Å². The molecule has 0 spiro atoms. The zero-order valence-electron chi connectivity index (χ0n) is 17.7. The molecule has 1 aromatic carbocycles. The van der Waals surface area contributed by atoms with E-state index >= 15 is 0 Å². The van der Waals surface area contributed by atoms with Crippen molar-refractivity contribution in [3.8, 4) is 5.75 Å². The minimum Gasteiger partial charge on any atom is -0.494 e. The van der Waals surface area contributed by atoms with Gasteiger partial charge in [-0.1, -0.05) is 23.8 Å². The Hall–Kier alpha value is -3.39. The van der Waals surface area contributed by atoms with Gasteiger partial charge in [0.05, 0.1) is 23.5 Å². The zero-order valence-corrected chi connectivity index (χ0v) is 18.5. The molecule has 166 valence electrons. The first kappa shape index (κ1) is 21.8. The van der Waals surface area contributed by atoms with Crippen LogP contribution in [0.1, 0.15) is 41.5 Å². The minimum absolute atomic E-state index is 0.171. The van der Waals surface area contributed by atoms with Crippen molar-refractivity contribution < 1.29 is 23.5 Å². The van der Waals surface area contributed by atoms with E-state index in [1.807, 2.05) is 54.8 Å². The van der Waals surface area contributed by atoms with Crippen LogP contribution in [0.25, 0.3) is 0 Å². The van der Waals surface area contributed by atoms with Crippen LogP contribution in [-0.2, 0) is 14.3 Å². The molecule has 0 bridgehead atoms. The van der Waals surface area contributed by atoms with Gasteiger partial charge in [-0.2, -0.15) is 5.10 Å². The van der Waals surface area contributed by atoms with E-state index in [2.05, 4.69) is 5.10 Å². The topological polar surface area (TPSA) is 81.3 Å². The first-order chi connectivity index (χ1) is 15.6. The number of esters is 1. The van der Waals surface area contributed by atoms with Gasteiger partial charge in [0.1, 0.15) is 17.6 Å². The predicted octanol–water partition coefficient (Wildman–Crippen LogP) is 4.73. The lowest BCUT2D eigenvalue weighted by Crippen LogP contribution is -2.31. The van der Waals surface area contributed by atoms with Gasteiger partial charge in [0.25, 0.3) is 5.91 Å². The van der Waals surface area contributed by atoms with Crippen molar-refractivity contribution >= 4 is 28.9 Å². The normalized spacial score (nSPS) is 15.5. The van der Waals surface area contributed by atoms with Crippen molar-refractivity contribution in [3.05, 3.63) is 76.4 Å². The Morgan fingerprint density at radius 3 is 2.75 bits per heavy atom. The van der Waals surface area contributed by atoms with Crippen molar-refractivity contribution in [2.75, 3.05) is 13.2 Å². The number of thiophene rings is 1. The molecule has 1 amide bonds. The molecule has 0 saturated heterocycles. The lowest BCUT2D eigenvalue weighted by molar-refractivity contribution is -0.153. The molecule has 1 aliphatic heterocycles. The van der Waals surface area contributed by atoms with Gasteiger partial charge in [0.2, 0.25) is 0 Å². The van der Waals surface area contributed by atoms with Gasteiger partial charge in [-0.15, -0.1) is 11.3 Å². The fraction of sp³-hybridized carbons (Fsp3) is 0.292. The highest BCUT2D eigenvalue weighted by atomic mass is 32.1. The zero-order chi connectivity index (χ0) is 22.3. The highest BCUT2D eigenvalue weighted by molar-refractivity contribution is 7.12. The van der Waals surface area contributed by atoms with Crippen LogP contribution in [0, 0.1) is 6.92 Å². The molecule has 3 aromatic rings. The molecule has 3 heterocycles. The monoisotopic (exact) mass is 452 g/mol. The fourth-order valence-corrected chi connectivity index (χ4v) is 4.08. The number of hydrogen-bond acceptors (Lipinski definition) is 7. The summed E-state index contributed by atoms with van der Waals surface area (Å²) in [7, 11) is 0. The fourth-order valence-electron chi connectivity index (χ4n) is 3.36. The van der Waals surface area contributed by atoms with E-state index in [4.69, 9.17) is 13.9 Å². The Labute approximate surface area is 190 Å². The van der Waals surface area contributed by atoms with E-state index in [9.17, 15) is 9.59 Å². The number of benzene rings is 1. The number of ether oxygens (including phenoxy) is 2. The molecule has 0 aliphatic carbocycles. The first-order valence-corrected chi connectivity index (χ1v) is 11.3. The average Bonchev–Trinajstić information content (AvgIpc) is 3.56. The third-order valence-electron chi connectivity index (χ3n) is 5.01. The second-order valence-electron chi connectivity index (χ2n) is 7.42. The number of nitrogens with zero attached hydrogens (tertiary/aromatic N) is 2. The Morgan fingerprint density at radius 1 is 1.19 bits per heavy atom. The maximum atomic E-state index is 12.8. The molecule has 0 fully saturated rings. The predicted molar refractivity (Wildman–Crippen MR) is 121 cm³/mol. The molecule has 8 heteroatoms. The molecule has 1 aliphatic rings. The third-order valence-corrected chi connectivity index (χ3v) is 5.93. The van der Waals surface area contributed by atoms with E-state index in [0.29, 0.717) is 25.2 Å². The van der Waals surface area contributed by atoms with E-state index in [1.54, 1.807) is 23.7 Å². The largest absolute Gasteiger partial charge is 0.494 e.